The van der Waals surface area contributed by atoms with Crippen molar-refractivity contribution in [3.63, 3.8) is 0 Å². The van der Waals surface area contributed by atoms with Gasteiger partial charge in [-0.2, -0.15) is 0 Å². The molecular weight excluding hydrogens is 292 g/mol. The van der Waals surface area contributed by atoms with E-state index < -0.39 is 0 Å². The van der Waals surface area contributed by atoms with Crippen LogP contribution in [0.2, 0.25) is 5.02 Å². The number of nitrogens with two attached hydrogens (primary N) is 1. The number of nitrogens with zero attached hydrogens (tertiary/aromatic N) is 2. The Hall–Kier alpha value is -2.60. The quantitative estimate of drug-likeness (QED) is 0.347. The average Bonchev–Trinajstić information content (AvgIpc) is 2.53. The molecule has 6 nitrogen and oxygen atoms in total. The number of carbonyl (C=O) groups excluding carboxylic acids is 1. The number of oxime groups is 1. The third-order valence-corrected chi connectivity index (χ3v) is 3.17. The fourth-order valence-corrected chi connectivity index (χ4v) is 1.85. The molecule has 1 amide bonds. The van der Waals surface area contributed by atoms with Crippen molar-refractivity contribution in [2.24, 2.45) is 10.9 Å². The highest BCUT2D eigenvalue weighted by Crippen LogP contribution is 2.14. The van der Waals surface area contributed by atoms with Crippen molar-refractivity contribution >= 4 is 23.3 Å². The maximum Gasteiger partial charge on any atom is 0.270 e. The molecule has 0 aliphatic heterocycles. The van der Waals surface area contributed by atoms with Crippen molar-refractivity contribution in [2.75, 3.05) is 0 Å². The molecule has 0 unspecified atom stereocenters. The van der Waals surface area contributed by atoms with Crippen LogP contribution in [-0.4, -0.2) is 21.9 Å². The molecule has 7 heteroatoms. The topological polar surface area (TPSA) is 101 Å². The van der Waals surface area contributed by atoms with Gasteiger partial charge < -0.3 is 16.3 Å². The van der Waals surface area contributed by atoms with Crippen LogP contribution in [0.1, 0.15) is 21.6 Å². The van der Waals surface area contributed by atoms with Gasteiger partial charge in [-0.15, -0.1) is 0 Å². The lowest BCUT2D eigenvalue weighted by Gasteiger charge is -2.07. The number of amides is 1. The lowest BCUT2D eigenvalue weighted by molar-refractivity contribution is 0.0946. The molecule has 0 saturated carbocycles. The molecule has 0 bridgehead atoms. The van der Waals surface area contributed by atoms with Crippen molar-refractivity contribution in [1.82, 2.24) is 10.3 Å². The van der Waals surface area contributed by atoms with Gasteiger partial charge in [0.2, 0.25) is 0 Å². The van der Waals surface area contributed by atoms with Gasteiger partial charge in [0.05, 0.1) is 0 Å². The lowest BCUT2D eigenvalue weighted by Crippen LogP contribution is -2.24. The van der Waals surface area contributed by atoms with Crippen LogP contribution in [-0.2, 0) is 6.54 Å². The number of carbonyl (C=O) groups is 1. The summed E-state index contributed by atoms with van der Waals surface area (Å²) < 4.78 is 0. The van der Waals surface area contributed by atoms with Crippen LogP contribution in [0.5, 0.6) is 0 Å². The molecule has 2 aromatic rings. The summed E-state index contributed by atoms with van der Waals surface area (Å²) in [7, 11) is 0. The summed E-state index contributed by atoms with van der Waals surface area (Å²) in [5.41, 5.74) is 6.90. The summed E-state index contributed by atoms with van der Waals surface area (Å²) in [4.78, 5) is 15.9. The van der Waals surface area contributed by atoms with Crippen LogP contribution in [0.15, 0.2) is 47.8 Å². The van der Waals surface area contributed by atoms with E-state index in [1.165, 1.54) is 12.3 Å². The van der Waals surface area contributed by atoms with E-state index in [2.05, 4.69) is 15.5 Å². The second-order valence-corrected chi connectivity index (χ2v) is 4.60. The van der Waals surface area contributed by atoms with Crippen LogP contribution in [0.3, 0.4) is 0 Å². The molecule has 21 heavy (non-hydrogen) atoms. The van der Waals surface area contributed by atoms with Crippen molar-refractivity contribution in [1.29, 1.82) is 0 Å². The SMILES string of the molecule is NC(=NO)c1ccc(C(=O)NCc2ccccc2Cl)nc1. The van der Waals surface area contributed by atoms with Crippen molar-refractivity contribution < 1.29 is 10.0 Å². The van der Waals surface area contributed by atoms with E-state index >= 15 is 0 Å². The van der Waals surface area contributed by atoms with Gasteiger partial charge in [0.1, 0.15) is 5.69 Å². The maximum absolute atomic E-state index is 12.0. The van der Waals surface area contributed by atoms with Gasteiger partial charge in [-0.1, -0.05) is 35.0 Å². The fourth-order valence-electron chi connectivity index (χ4n) is 1.65. The van der Waals surface area contributed by atoms with Crippen LogP contribution in [0.4, 0.5) is 0 Å². The second-order valence-electron chi connectivity index (χ2n) is 4.19. The predicted molar refractivity (Wildman–Crippen MR) is 79.4 cm³/mol. The van der Waals surface area contributed by atoms with E-state index in [1.807, 2.05) is 18.2 Å². The zero-order valence-electron chi connectivity index (χ0n) is 11.0. The van der Waals surface area contributed by atoms with Gasteiger partial charge >= 0.3 is 0 Å². The molecule has 0 radical (unpaired) electrons. The van der Waals surface area contributed by atoms with E-state index in [0.29, 0.717) is 17.1 Å². The van der Waals surface area contributed by atoms with E-state index in [0.717, 1.165) is 5.56 Å². The molecule has 4 N–H and O–H groups in total. The van der Waals surface area contributed by atoms with Crippen LogP contribution >= 0.6 is 11.6 Å². The number of pyridine rings is 1. The summed E-state index contributed by atoms with van der Waals surface area (Å²) >= 11 is 6.01. The summed E-state index contributed by atoms with van der Waals surface area (Å²) in [6.45, 7) is 0.308. The lowest BCUT2D eigenvalue weighted by atomic mass is 10.2. The van der Waals surface area contributed by atoms with E-state index in [9.17, 15) is 4.79 Å². The first-order valence-corrected chi connectivity index (χ1v) is 6.45. The first kappa shape index (κ1) is 14.8. The first-order chi connectivity index (χ1) is 10.1. The summed E-state index contributed by atoms with van der Waals surface area (Å²) in [6.07, 6.45) is 1.36. The minimum atomic E-state index is -0.332. The molecule has 108 valence electrons. The molecule has 0 fully saturated rings. The third-order valence-electron chi connectivity index (χ3n) is 2.80. The highest BCUT2D eigenvalue weighted by Gasteiger charge is 2.09. The largest absolute Gasteiger partial charge is 0.409 e. The second kappa shape index (κ2) is 6.71. The molecule has 0 saturated heterocycles. The Morgan fingerprint density at radius 1 is 1.33 bits per heavy atom. The molecule has 0 spiro atoms. The van der Waals surface area contributed by atoms with E-state index in [1.54, 1.807) is 12.1 Å². The van der Waals surface area contributed by atoms with Crippen molar-refractivity contribution in [3.8, 4) is 0 Å². The molecule has 1 aromatic heterocycles. The van der Waals surface area contributed by atoms with Crippen LogP contribution < -0.4 is 11.1 Å². The monoisotopic (exact) mass is 304 g/mol. The molecule has 1 aromatic carbocycles. The van der Waals surface area contributed by atoms with Gasteiger partial charge in [-0.25, -0.2) is 0 Å². The molecule has 1 heterocycles. The number of amidine groups is 1. The minimum Gasteiger partial charge on any atom is -0.409 e. The Morgan fingerprint density at radius 2 is 2.10 bits per heavy atom. The van der Waals surface area contributed by atoms with Gasteiger partial charge in [-0.05, 0) is 23.8 Å². The van der Waals surface area contributed by atoms with Crippen molar-refractivity contribution in [2.45, 2.75) is 6.54 Å². The number of rotatable bonds is 4. The standard InChI is InChI=1S/C14H13ClN4O2/c15-11-4-2-1-3-9(11)7-18-14(20)12-6-5-10(8-17-12)13(16)19-21/h1-6,8,21H,7H2,(H2,16,19)(H,18,20). The minimum absolute atomic E-state index is 0.0643. The number of hydrogen-bond acceptors (Lipinski definition) is 4. The molecule has 0 aliphatic carbocycles. The summed E-state index contributed by atoms with van der Waals surface area (Å²) in [6, 6.07) is 10.3. The van der Waals surface area contributed by atoms with Gasteiger partial charge in [-0.3, -0.25) is 9.78 Å². The molecule has 0 aliphatic rings. The smallest absolute Gasteiger partial charge is 0.270 e. The Labute approximate surface area is 126 Å². The third kappa shape index (κ3) is 3.70. The van der Waals surface area contributed by atoms with Gasteiger partial charge in [0, 0.05) is 23.3 Å². The Kier molecular flexibility index (Phi) is 4.73. The average molecular weight is 305 g/mol. The van der Waals surface area contributed by atoms with Crippen molar-refractivity contribution in [3.05, 3.63) is 64.4 Å². The number of halogens is 1. The first-order valence-electron chi connectivity index (χ1n) is 6.07. The summed E-state index contributed by atoms with van der Waals surface area (Å²) in [5, 5.41) is 14.7. The molecule has 0 atom stereocenters. The fraction of sp³-hybridized carbons (Fsp3) is 0.0714. The van der Waals surface area contributed by atoms with E-state index in [-0.39, 0.29) is 17.4 Å². The zero-order chi connectivity index (χ0) is 15.2. The van der Waals surface area contributed by atoms with Gasteiger partial charge in [0.25, 0.3) is 5.91 Å². The number of hydrogen-bond donors (Lipinski definition) is 3. The van der Waals surface area contributed by atoms with Crippen LogP contribution in [0, 0.1) is 0 Å². The Morgan fingerprint density at radius 3 is 2.71 bits per heavy atom. The summed E-state index contributed by atoms with van der Waals surface area (Å²) in [5.74, 6) is -0.397. The predicted octanol–water partition coefficient (Wildman–Crippen LogP) is 1.76. The Balaban J connectivity index is 2.02. The molecular formula is C14H13ClN4O2. The highest BCUT2D eigenvalue weighted by molar-refractivity contribution is 6.31. The van der Waals surface area contributed by atoms with Gasteiger partial charge in [0.15, 0.2) is 5.84 Å². The normalized spacial score (nSPS) is 11.2. The maximum atomic E-state index is 12.0. The number of nitrogens with one attached hydrogen (secondary N) is 1. The highest BCUT2D eigenvalue weighted by atomic mass is 35.5. The van der Waals surface area contributed by atoms with E-state index in [4.69, 9.17) is 22.5 Å². The zero-order valence-corrected chi connectivity index (χ0v) is 11.7. The number of aromatic nitrogens is 1. The molecule has 2 rings (SSSR count). The number of benzene rings is 1. The van der Waals surface area contributed by atoms with Crippen LogP contribution in [0.25, 0.3) is 0 Å². The Bertz CT molecular complexity index is 671.